The van der Waals surface area contributed by atoms with Crippen molar-refractivity contribution in [2.75, 3.05) is 13.7 Å². The monoisotopic (exact) mass is 266 g/mol. The van der Waals surface area contributed by atoms with E-state index in [-0.39, 0.29) is 12.2 Å². The normalized spacial score (nSPS) is 38.7. The highest BCUT2D eigenvalue weighted by Crippen LogP contribution is 2.33. The van der Waals surface area contributed by atoms with Crippen LogP contribution in [0.25, 0.3) is 0 Å². The van der Waals surface area contributed by atoms with Gasteiger partial charge in [0.05, 0.1) is 12.7 Å². The lowest BCUT2D eigenvalue weighted by Crippen LogP contribution is -2.53. The molecule has 1 aromatic rings. The molecular formula is C14H18O5. The maximum Gasteiger partial charge on any atom is 0.184 e. The molecule has 0 bridgehead atoms. The van der Waals surface area contributed by atoms with Gasteiger partial charge in [-0.25, -0.2) is 0 Å². The number of methoxy groups -OCH3 is 1. The molecule has 19 heavy (non-hydrogen) atoms. The average molecular weight is 266 g/mol. The maximum atomic E-state index is 9.89. The Labute approximate surface area is 112 Å². The van der Waals surface area contributed by atoms with Gasteiger partial charge in [0.1, 0.15) is 12.2 Å². The molecule has 2 saturated heterocycles. The molecule has 3 rings (SSSR count). The fraction of sp³-hybridized carbons (Fsp3) is 0.571. The summed E-state index contributed by atoms with van der Waals surface area (Å²) >= 11 is 0. The Bertz CT molecular complexity index is 410. The SMILES string of the molecule is CO[C@H]1O[C@H]2CO[C@H](c3ccccc3)O[C@@H]2C[C@@H]1O. The fourth-order valence-electron chi connectivity index (χ4n) is 2.52. The minimum atomic E-state index is -0.666. The van der Waals surface area contributed by atoms with Gasteiger partial charge >= 0.3 is 0 Å². The number of benzene rings is 1. The van der Waals surface area contributed by atoms with Gasteiger partial charge in [-0.1, -0.05) is 30.3 Å². The molecule has 0 aromatic heterocycles. The van der Waals surface area contributed by atoms with Crippen LogP contribution in [0.1, 0.15) is 18.3 Å². The van der Waals surface area contributed by atoms with E-state index in [1.807, 2.05) is 30.3 Å². The molecule has 0 unspecified atom stereocenters. The molecule has 0 saturated carbocycles. The molecule has 5 atom stereocenters. The lowest BCUT2D eigenvalue weighted by Gasteiger charge is -2.43. The van der Waals surface area contributed by atoms with Crippen LogP contribution in [0.5, 0.6) is 0 Å². The Kier molecular flexibility index (Phi) is 3.81. The second-order valence-electron chi connectivity index (χ2n) is 4.83. The summed E-state index contributed by atoms with van der Waals surface area (Å²) in [6.45, 7) is 0.441. The Hall–Kier alpha value is -0.980. The summed E-state index contributed by atoms with van der Waals surface area (Å²) in [5, 5.41) is 9.89. The zero-order chi connectivity index (χ0) is 13.2. The number of rotatable bonds is 2. The Morgan fingerprint density at radius 3 is 2.68 bits per heavy atom. The molecule has 2 aliphatic rings. The summed E-state index contributed by atoms with van der Waals surface area (Å²) in [6, 6.07) is 9.76. The van der Waals surface area contributed by atoms with Crippen LogP contribution in [0.15, 0.2) is 30.3 Å². The van der Waals surface area contributed by atoms with Crippen molar-refractivity contribution in [3.05, 3.63) is 35.9 Å². The van der Waals surface area contributed by atoms with Gasteiger partial charge in [-0.05, 0) is 0 Å². The topological polar surface area (TPSA) is 57.2 Å². The molecule has 2 fully saturated rings. The summed E-state index contributed by atoms with van der Waals surface area (Å²) in [7, 11) is 1.52. The third-order valence-corrected chi connectivity index (χ3v) is 3.53. The van der Waals surface area contributed by atoms with E-state index in [0.29, 0.717) is 13.0 Å². The van der Waals surface area contributed by atoms with Crippen molar-refractivity contribution in [3.63, 3.8) is 0 Å². The number of fused-ring (bicyclic) bond motifs is 1. The first-order chi connectivity index (χ1) is 9.28. The summed E-state index contributed by atoms with van der Waals surface area (Å²) in [5.41, 5.74) is 0.976. The Balaban J connectivity index is 1.68. The molecule has 2 aliphatic heterocycles. The Morgan fingerprint density at radius 1 is 1.16 bits per heavy atom. The van der Waals surface area contributed by atoms with Gasteiger partial charge in [0.2, 0.25) is 0 Å². The second-order valence-corrected chi connectivity index (χ2v) is 4.83. The zero-order valence-electron chi connectivity index (χ0n) is 10.8. The van der Waals surface area contributed by atoms with E-state index in [4.69, 9.17) is 18.9 Å². The van der Waals surface area contributed by atoms with E-state index in [0.717, 1.165) is 5.56 Å². The minimum Gasteiger partial charge on any atom is -0.388 e. The number of aliphatic hydroxyl groups excluding tert-OH is 1. The van der Waals surface area contributed by atoms with Crippen LogP contribution in [0.4, 0.5) is 0 Å². The van der Waals surface area contributed by atoms with Gasteiger partial charge in [0, 0.05) is 19.1 Å². The van der Waals surface area contributed by atoms with Crippen molar-refractivity contribution in [2.45, 2.75) is 37.3 Å². The minimum absolute atomic E-state index is 0.166. The van der Waals surface area contributed by atoms with Crippen LogP contribution in [-0.4, -0.2) is 43.4 Å². The van der Waals surface area contributed by atoms with Gasteiger partial charge in [0.25, 0.3) is 0 Å². The molecule has 1 aromatic carbocycles. The molecule has 5 heteroatoms. The highest BCUT2D eigenvalue weighted by molar-refractivity contribution is 5.16. The van der Waals surface area contributed by atoms with Gasteiger partial charge < -0.3 is 24.1 Å². The number of ether oxygens (including phenoxy) is 4. The predicted octanol–water partition coefficient (Wildman–Crippen LogP) is 1.22. The van der Waals surface area contributed by atoms with Crippen LogP contribution in [0.3, 0.4) is 0 Å². The Morgan fingerprint density at radius 2 is 1.95 bits per heavy atom. The van der Waals surface area contributed by atoms with E-state index in [9.17, 15) is 5.11 Å². The molecule has 5 nitrogen and oxygen atoms in total. The number of aliphatic hydroxyl groups is 1. The quantitative estimate of drug-likeness (QED) is 0.872. The van der Waals surface area contributed by atoms with E-state index in [1.165, 1.54) is 7.11 Å². The number of hydrogen-bond acceptors (Lipinski definition) is 5. The average Bonchev–Trinajstić information content (AvgIpc) is 2.47. The first kappa shape index (κ1) is 13.0. The van der Waals surface area contributed by atoms with E-state index in [2.05, 4.69) is 0 Å². The third kappa shape index (κ3) is 2.66. The number of hydrogen-bond donors (Lipinski definition) is 1. The van der Waals surface area contributed by atoms with E-state index >= 15 is 0 Å². The molecule has 1 N–H and O–H groups in total. The lowest BCUT2D eigenvalue weighted by atomic mass is 10.0. The standard InChI is InChI=1S/C14H18O5/c1-16-14-10(15)7-11-12(19-14)8-17-13(18-11)9-5-3-2-4-6-9/h2-6,10-15H,7-8H2,1H3/t10-,11+,12-,13-,14-/m0/s1. The molecule has 0 spiro atoms. The zero-order valence-corrected chi connectivity index (χ0v) is 10.8. The summed E-state index contributed by atoms with van der Waals surface area (Å²) in [5.74, 6) is 0. The summed E-state index contributed by atoms with van der Waals surface area (Å²) in [6.07, 6.45) is -1.51. The van der Waals surface area contributed by atoms with Gasteiger partial charge in [0.15, 0.2) is 12.6 Å². The van der Waals surface area contributed by atoms with Crippen LogP contribution in [0, 0.1) is 0 Å². The third-order valence-electron chi connectivity index (χ3n) is 3.53. The first-order valence-corrected chi connectivity index (χ1v) is 6.46. The van der Waals surface area contributed by atoms with Crippen molar-refractivity contribution in [1.29, 1.82) is 0 Å². The van der Waals surface area contributed by atoms with Gasteiger partial charge in [-0.15, -0.1) is 0 Å². The smallest absolute Gasteiger partial charge is 0.184 e. The molecule has 104 valence electrons. The van der Waals surface area contributed by atoms with Crippen LogP contribution in [-0.2, 0) is 18.9 Å². The highest BCUT2D eigenvalue weighted by Gasteiger charge is 2.42. The largest absolute Gasteiger partial charge is 0.388 e. The molecule has 2 heterocycles. The lowest BCUT2D eigenvalue weighted by molar-refractivity contribution is -0.333. The van der Waals surface area contributed by atoms with Crippen LogP contribution >= 0.6 is 0 Å². The molecule has 0 amide bonds. The van der Waals surface area contributed by atoms with E-state index in [1.54, 1.807) is 0 Å². The van der Waals surface area contributed by atoms with Crippen LogP contribution in [0.2, 0.25) is 0 Å². The van der Waals surface area contributed by atoms with E-state index < -0.39 is 18.7 Å². The van der Waals surface area contributed by atoms with Crippen molar-refractivity contribution in [1.82, 2.24) is 0 Å². The fourth-order valence-corrected chi connectivity index (χ4v) is 2.52. The summed E-state index contributed by atoms with van der Waals surface area (Å²) in [4.78, 5) is 0. The van der Waals surface area contributed by atoms with Crippen molar-refractivity contribution in [3.8, 4) is 0 Å². The highest BCUT2D eigenvalue weighted by atomic mass is 16.7. The maximum absolute atomic E-state index is 9.89. The van der Waals surface area contributed by atoms with Crippen LogP contribution < -0.4 is 0 Å². The van der Waals surface area contributed by atoms with Crippen molar-refractivity contribution < 1.29 is 24.1 Å². The van der Waals surface area contributed by atoms with Gasteiger partial charge in [-0.2, -0.15) is 0 Å². The molecule has 0 aliphatic carbocycles. The predicted molar refractivity (Wildman–Crippen MR) is 66.3 cm³/mol. The second kappa shape index (κ2) is 5.56. The summed E-state index contributed by atoms with van der Waals surface area (Å²) < 4.78 is 22.2. The molecular weight excluding hydrogens is 248 g/mol. The van der Waals surface area contributed by atoms with Crippen molar-refractivity contribution >= 4 is 0 Å². The first-order valence-electron chi connectivity index (χ1n) is 6.46. The van der Waals surface area contributed by atoms with Gasteiger partial charge in [-0.3, -0.25) is 0 Å². The van der Waals surface area contributed by atoms with Crippen molar-refractivity contribution in [2.24, 2.45) is 0 Å². The molecule has 0 radical (unpaired) electrons.